The predicted octanol–water partition coefficient (Wildman–Crippen LogP) is 3.14. The summed E-state index contributed by atoms with van der Waals surface area (Å²) in [6, 6.07) is 0.417. The fourth-order valence-corrected chi connectivity index (χ4v) is 3.77. The summed E-state index contributed by atoms with van der Waals surface area (Å²) in [5.74, 6) is 1.94. The molecule has 1 aliphatic heterocycles. The molecule has 0 radical (unpaired) electrons. The Bertz CT molecular complexity index is 558. The van der Waals surface area contributed by atoms with Crippen LogP contribution in [0, 0.1) is 15.5 Å². The second-order valence-electron chi connectivity index (χ2n) is 7.44. The summed E-state index contributed by atoms with van der Waals surface area (Å²) in [5.41, 5.74) is -0.428. The van der Waals surface area contributed by atoms with E-state index in [9.17, 15) is 4.79 Å². The molecule has 126 valence electrons. The number of ether oxygens (including phenoxy) is 1. The van der Waals surface area contributed by atoms with Crippen molar-refractivity contribution in [2.45, 2.75) is 45.3 Å². The Kier molecular flexibility index (Phi) is 4.66. The van der Waals surface area contributed by atoms with E-state index >= 15 is 0 Å². The second kappa shape index (κ2) is 6.41. The third-order valence-electron chi connectivity index (χ3n) is 4.38. The van der Waals surface area contributed by atoms with E-state index in [0.29, 0.717) is 17.9 Å². The van der Waals surface area contributed by atoms with Crippen molar-refractivity contribution in [1.29, 1.82) is 0 Å². The highest BCUT2D eigenvalue weighted by Gasteiger charge is 2.43. The molecule has 0 bridgehead atoms. The number of amides is 1. The van der Waals surface area contributed by atoms with Crippen LogP contribution in [-0.4, -0.2) is 45.7 Å². The largest absolute Gasteiger partial charge is 0.444 e. The smallest absolute Gasteiger partial charge is 0.410 e. The zero-order valence-corrected chi connectivity index (χ0v) is 15.9. The highest BCUT2D eigenvalue weighted by atomic mass is 127. The summed E-state index contributed by atoms with van der Waals surface area (Å²) >= 11 is 2.15. The van der Waals surface area contributed by atoms with Crippen LogP contribution in [0.2, 0.25) is 0 Å². The van der Waals surface area contributed by atoms with Crippen molar-refractivity contribution in [3.05, 3.63) is 16.1 Å². The Morgan fingerprint density at radius 3 is 2.43 bits per heavy atom. The molecule has 23 heavy (non-hydrogen) atoms. The normalized spacial score (nSPS) is 27.0. The van der Waals surface area contributed by atoms with E-state index in [1.807, 2.05) is 25.7 Å². The Balaban J connectivity index is 1.51. The van der Waals surface area contributed by atoms with Gasteiger partial charge in [-0.25, -0.2) is 14.8 Å². The van der Waals surface area contributed by atoms with Crippen LogP contribution in [0.15, 0.2) is 12.4 Å². The monoisotopic (exact) mass is 430 g/mol. The van der Waals surface area contributed by atoms with E-state index in [-0.39, 0.29) is 6.09 Å². The van der Waals surface area contributed by atoms with Gasteiger partial charge in [-0.3, -0.25) is 0 Å². The van der Waals surface area contributed by atoms with Crippen LogP contribution < -0.4 is 5.32 Å². The van der Waals surface area contributed by atoms with E-state index in [1.165, 1.54) is 0 Å². The molecule has 3 rings (SSSR count). The molecule has 2 heterocycles. The average molecular weight is 430 g/mol. The maximum atomic E-state index is 12.2. The van der Waals surface area contributed by atoms with Gasteiger partial charge in [0.25, 0.3) is 0 Å². The third kappa shape index (κ3) is 4.24. The molecular weight excluding hydrogens is 407 g/mol. The molecule has 2 fully saturated rings. The SMILES string of the molecule is CC(C)(C)OC(=O)N1C[C@H]2CC(Nc3cnc(I)cn3)C[C@H]2C1. The number of nitrogens with one attached hydrogen (secondary N) is 1. The number of likely N-dealkylation sites (tertiary alicyclic amines) is 1. The van der Waals surface area contributed by atoms with Gasteiger partial charge in [0, 0.05) is 19.1 Å². The van der Waals surface area contributed by atoms with Crippen molar-refractivity contribution in [3.8, 4) is 0 Å². The second-order valence-corrected chi connectivity index (χ2v) is 8.55. The minimum absolute atomic E-state index is 0.181. The maximum Gasteiger partial charge on any atom is 0.410 e. The van der Waals surface area contributed by atoms with Gasteiger partial charge < -0.3 is 15.0 Å². The third-order valence-corrected chi connectivity index (χ3v) is 4.93. The molecule has 7 heteroatoms. The Labute approximate surface area is 150 Å². The number of carbonyl (C=O) groups is 1. The number of nitrogens with zero attached hydrogens (tertiary/aromatic N) is 3. The van der Waals surface area contributed by atoms with Crippen LogP contribution in [0.1, 0.15) is 33.6 Å². The highest BCUT2D eigenvalue weighted by molar-refractivity contribution is 14.1. The molecule has 1 aliphatic carbocycles. The molecule has 1 saturated carbocycles. The van der Waals surface area contributed by atoms with Gasteiger partial charge in [-0.1, -0.05) is 0 Å². The summed E-state index contributed by atoms with van der Waals surface area (Å²) < 4.78 is 6.37. The van der Waals surface area contributed by atoms with Gasteiger partial charge in [0.15, 0.2) is 0 Å². The standard InChI is InChI=1S/C16H23IN4O2/c1-16(2,3)23-15(22)21-8-10-4-12(5-11(10)9-21)20-14-7-18-13(17)6-19-14/h6-7,10-12H,4-5,8-9H2,1-3H3,(H,19,20)/t10-,11+,12?. The van der Waals surface area contributed by atoms with Crippen molar-refractivity contribution in [3.63, 3.8) is 0 Å². The van der Waals surface area contributed by atoms with Gasteiger partial charge in [0.1, 0.15) is 15.1 Å². The molecule has 1 amide bonds. The molecule has 0 aromatic carbocycles. The lowest BCUT2D eigenvalue weighted by atomic mass is 10.0. The fourth-order valence-electron chi connectivity index (χ4n) is 3.49. The van der Waals surface area contributed by atoms with Crippen molar-refractivity contribution in [2.24, 2.45) is 11.8 Å². The molecule has 1 aromatic rings. The lowest BCUT2D eigenvalue weighted by Gasteiger charge is -2.25. The number of fused-ring (bicyclic) bond motifs is 1. The lowest BCUT2D eigenvalue weighted by Crippen LogP contribution is -2.36. The number of hydrogen-bond acceptors (Lipinski definition) is 5. The van der Waals surface area contributed by atoms with Gasteiger partial charge in [0.2, 0.25) is 0 Å². The van der Waals surface area contributed by atoms with Crippen LogP contribution in [0.5, 0.6) is 0 Å². The first-order chi connectivity index (χ1) is 10.8. The summed E-state index contributed by atoms with van der Waals surface area (Å²) in [5, 5.41) is 3.47. The number of rotatable bonds is 2. The molecule has 1 unspecified atom stereocenters. The summed E-state index contributed by atoms with van der Waals surface area (Å²) in [6.07, 6.45) is 5.50. The van der Waals surface area contributed by atoms with Gasteiger partial charge in [-0.05, 0) is 68.0 Å². The summed E-state index contributed by atoms with van der Waals surface area (Å²) in [4.78, 5) is 22.6. The molecule has 6 nitrogen and oxygen atoms in total. The van der Waals surface area contributed by atoms with E-state index < -0.39 is 5.60 Å². The molecule has 0 spiro atoms. The summed E-state index contributed by atoms with van der Waals surface area (Å²) in [6.45, 7) is 7.32. The fraction of sp³-hybridized carbons (Fsp3) is 0.688. The molecule has 1 N–H and O–H groups in total. The van der Waals surface area contributed by atoms with E-state index in [2.05, 4.69) is 37.9 Å². The van der Waals surface area contributed by atoms with Gasteiger partial charge in [-0.2, -0.15) is 0 Å². The number of carbonyl (C=O) groups excluding carboxylic acids is 1. The number of aromatic nitrogens is 2. The zero-order chi connectivity index (χ0) is 16.6. The molecule has 1 aromatic heterocycles. The van der Waals surface area contributed by atoms with Gasteiger partial charge >= 0.3 is 6.09 Å². The minimum Gasteiger partial charge on any atom is -0.444 e. The van der Waals surface area contributed by atoms with Crippen LogP contribution in [-0.2, 0) is 4.74 Å². The van der Waals surface area contributed by atoms with Crippen LogP contribution >= 0.6 is 22.6 Å². The Morgan fingerprint density at radius 1 is 1.26 bits per heavy atom. The number of hydrogen-bond donors (Lipinski definition) is 1. The minimum atomic E-state index is -0.428. The first-order valence-electron chi connectivity index (χ1n) is 8.02. The Hall–Kier alpha value is -1.12. The molecular formula is C16H23IN4O2. The molecule has 2 aliphatic rings. The van der Waals surface area contributed by atoms with Gasteiger partial charge in [0.05, 0.1) is 12.4 Å². The maximum absolute atomic E-state index is 12.2. The first kappa shape index (κ1) is 16.7. The van der Waals surface area contributed by atoms with E-state index in [0.717, 1.165) is 35.4 Å². The quantitative estimate of drug-likeness (QED) is 0.731. The summed E-state index contributed by atoms with van der Waals surface area (Å²) in [7, 11) is 0. The van der Waals surface area contributed by atoms with E-state index in [4.69, 9.17) is 4.74 Å². The average Bonchev–Trinajstić information content (AvgIpc) is 2.97. The van der Waals surface area contributed by atoms with Crippen molar-refractivity contribution >= 4 is 34.5 Å². The number of anilines is 1. The van der Waals surface area contributed by atoms with Crippen LogP contribution in [0.25, 0.3) is 0 Å². The van der Waals surface area contributed by atoms with Crippen molar-refractivity contribution in [2.75, 3.05) is 18.4 Å². The zero-order valence-electron chi connectivity index (χ0n) is 13.8. The van der Waals surface area contributed by atoms with E-state index in [1.54, 1.807) is 12.4 Å². The van der Waals surface area contributed by atoms with Crippen molar-refractivity contribution in [1.82, 2.24) is 14.9 Å². The molecule has 3 atom stereocenters. The first-order valence-corrected chi connectivity index (χ1v) is 9.10. The van der Waals surface area contributed by atoms with Gasteiger partial charge in [-0.15, -0.1) is 0 Å². The molecule has 1 saturated heterocycles. The number of halogens is 1. The van der Waals surface area contributed by atoms with Crippen LogP contribution in [0.4, 0.5) is 10.6 Å². The van der Waals surface area contributed by atoms with Crippen molar-refractivity contribution < 1.29 is 9.53 Å². The lowest BCUT2D eigenvalue weighted by molar-refractivity contribution is 0.0280. The van der Waals surface area contributed by atoms with Crippen LogP contribution in [0.3, 0.4) is 0 Å². The predicted molar refractivity (Wildman–Crippen MR) is 96.2 cm³/mol. The topological polar surface area (TPSA) is 67.3 Å². The highest BCUT2D eigenvalue weighted by Crippen LogP contribution is 2.39. The Morgan fingerprint density at radius 2 is 1.91 bits per heavy atom.